The highest BCUT2D eigenvalue weighted by atomic mass is 16.6. The monoisotopic (exact) mass is 414 g/mol. The number of nitrogens with zero attached hydrogens (tertiary/aromatic N) is 2. The lowest BCUT2D eigenvalue weighted by molar-refractivity contribution is -0.384. The fourth-order valence-corrected chi connectivity index (χ4v) is 3.70. The van der Waals surface area contributed by atoms with Crippen molar-refractivity contribution in [1.82, 2.24) is 4.90 Å². The minimum absolute atomic E-state index is 0.00180. The molecule has 0 saturated heterocycles. The fourth-order valence-electron chi connectivity index (χ4n) is 3.70. The van der Waals surface area contributed by atoms with Gasteiger partial charge in [-0.15, -0.1) is 0 Å². The van der Waals surface area contributed by atoms with Crippen LogP contribution in [0.15, 0.2) is 36.4 Å². The molecule has 0 unspecified atom stereocenters. The van der Waals surface area contributed by atoms with E-state index < -0.39 is 4.92 Å². The molecule has 1 aliphatic heterocycles. The van der Waals surface area contributed by atoms with Crippen molar-refractivity contribution >= 4 is 11.6 Å². The number of hydrogen-bond acceptors (Lipinski definition) is 6. The summed E-state index contributed by atoms with van der Waals surface area (Å²) in [6.45, 7) is 2.80. The number of benzene rings is 2. The third-order valence-electron chi connectivity index (χ3n) is 5.24. The highest BCUT2D eigenvalue weighted by Crippen LogP contribution is 2.38. The molecule has 0 radical (unpaired) electrons. The Bertz CT molecular complexity index is 913. The van der Waals surface area contributed by atoms with Gasteiger partial charge in [0.05, 0.1) is 25.2 Å². The van der Waals surface area contributed by atoms with Crippen LogP contribution in [0.25, 0.3) is 0 Å². The lowest BCUT2D eigenvalue weighted by atomic mass is 9.91. The van der Waals surface area contributed by atoms with Crippen molar-refractivity contribution in [2.75, 3.05) is 27.4 Å². The highest BCUT2D eigenvalue weighted by molar-refractivity contribution is 5.77. The Balaban J connectivity index is 1.90. The van der Waals surface area contributed by atoms with Crippen LogP contribution in [0.5, 0.6) is 17.2 Å². The first-order valence-corrected chi connectivity index (χ1v) is 9.90. The van der Waals surface area contributed by atoms with Crippen LogP contribution in [0.2, 0.25) is 0 Å². The second-order valence-corrected chi connectivity index (χ2v) is 7.07. The third-order valence-corrected chi connectivity index (χ3v) is 5.24. The quantitative estimate of drug-likeness (QED) is 0.480. The maximum atomic E-state index is 12.8. The molecule has 1 heterocycles. The smallest absolute Gasteiger partial charge is 0.269 e. The van der Waals surface area contributed by atoms with Gasteiger partial charge in [0.2, 0.25) is 5.91 Å². The number of amides is 1. The van der Waals surface area contributed by atoms with Gasteiger partial charge in [-0.1, -0.05) is 6.92 Å². The number of nitro benzene ring substituents is 1. The van der Waals surface area contributed by atoms with Crippen molar-refractivity contribution in [3.8, 4) is 17.2 Å². The Morgan fingerprint density at radius 1 is 1.17 bits per heavy atom. The number of carbonyl (C=O) groups is 1. The zero-order valence-electron chi connectivity index (χ0n) is 17.4. The molecule has 1 atom stereocenters. The zero-order valence-corrected chi connectivity index (χ0v) is 17.4. The molecule has 8 nitrogen and oxygen atoms in total. The molecule has 0 fully saturated rings. The van der Waals surface area contributed by atoms with Crippen molar-refractivity contribution in [1.29, 1.82) is 0 Å². The molecule has 2 aromatic carbocycles. The van der Waals surface area contributed by atoms with Gasteiger partial charge in [-0.05, 0) is 48.2 Å². The number of hydrogen-bond donors (Lipinski definition) is 0. The molecule has 8 heteroatoms. The predicted molar refractivity (Wildman–Crippen MR) is 111 cm³/mol. The SMILES string of the molecule is CCCC(=O)N1CCc2cc(OC)c(OC)cc2[C@H]1COc1ccc([N+](=O)[O-])cc1. The molecule has 1 amide bonds. The van der Waals surface area contributed by atoms with Crippen molar-refractivity contribution in [3.05, 3.63) is 57.6 Å². The van der Waals surface area contributed by atoms with E-state index in [0.717, 1.165) is 24.0 Å². The van der Waals surface area contributed by atoms with Crippen LogP contribution in [0.1, 0.15) is 36.9 Å². The average molecular weight is 414 g/mol. The number of rotatable bonds is 8. The Morgan fingerprint density at radius 2 is 1.83 bits per heavy atom. The summed E-state index contributed by atoms with van der Waals surface area (Å²) in [5, 5.41) is 10.8. The highest BCUT2D eigenvalue weighted by Gasteiger charge is 2.32. The largest absolute Gasteiger partial charge is 0.493 e. The second-order valence-electron chi connectivity index (χ2n) is 7.07. The molecule has 0 aliphatic carbocycles. The number of methoxy groups -OCH3 is 2. The van der Waals surface area contributed by atoms with Crippen LogP contribution >= 0.6 is 0 Å². The molecule has 3 rings (SSSR count). The third kappa shape index (κ3) is 4.48. The first-order chi connectivity index (χ1) is 14.5. The van der Waals surface area contributed by atoms with Crippen molar-refractivity contribution < 1.29 is 23.9 Å². The van der Waals surface area contributed by atoms with Gasteiger partial charge in [-0.25, -0.2) is 0 Å². The van der Waals surface area contributed by atoms with E-state index in [2.05, 4.69) is 0 Å². The lowest BCUT2D eigenvalue weighted by Crippen LogP contribution is -2.42. The van der Waals surface area contributed by atoms with Gasteiger partial charge >= 0.3 is 0 Å². The molecule has 2 aromatic rings. The molecule has 0 saturated carbocycles. The van der Waals surface area contributed by atoms with E-state index in [-0.39, 0.29) is 24.2 Å². The van der Waals surface area contributed by atoms with Gasteiger partial charge in [0, 0.05) is 25.1 Å². The van der Waals surface area contributed by atoms with Gasteiger partial charge in [0.25, 0.3) is 5.69 Å². The van der Waals surface area contributed by atoms with Crippen LogP contribution < -0.4 is 14.2 Å². The Hall–Kier alpha value is -3.29. The topological polar surface area (TPSA) is 91.1 Å². The summed E-state index contributed by atoms with van der Waals surface area (Å²) in [7, 11) is 3.18. The summed E-state index contributed by atoms with van der Waals surface area (Å²) >= 11 is 0. The summed E-state index contributed by atoms with van der Waals surface area (Å²) in [4.78, 5) is 25.0. The van der Waals surface area contributed by atoms with Crippen LogP contribution in [0.3, 0.4) is 0 Å². The van der Waals surface area contributed by atoms with Gasteiger partial charge in [0.15, 0.2) is 11.5 Å². The molecule has 0 aromatic heterocycles. The average Bonchev–Trinajstić information content (AvgIpc) is 2.76. The van der Waals surface area contributed by atoms with Gasteiger partial charge in [-0.3, -0.25) is 14.9 Å². The van der Waals surface area contributed by atoms with Crippen LogP contribution in [0.4, 0.5) is 5.69 Å². The maximum absolute atomic E-state index is 12.8. The van der Waals surface area contributed by atoms with Crippen LogP contribution in [0, 0.1) is 10.1 Å². The molecule has 30 heavy (non-hydrogen) atoms. The van der Waals surface area contributed by atoms with Crippen LogP contribution in [-0.4, -0.2) is 43.1 Å². The Morgan fingerprint density at radius 3 is 2.43 bits per heavy atom. The summed E-state index contributed by atoms with van der Waals surface area (Å²) in [6.07, 6.45) is 1.96. The normalized spacial score (nSPS) is 15.3. The number of nitro groups is 1. The summed E-state index contributed by atoms with van der Waals surface area (Å²) in [6, 6.07) is 9.50. The number of fused-ring (bicyclic) bond motifs is 1. The van der Waals surface area contributed by atoms with Gasteiger partial charge < -0.3 is 19.1 Å². The van der Waals surface area contributed by atoms with Crippen LogP contribution in [-0.2, 0) is 11.2 Å². The van der Waals surface area contributed by atoms with Gasteiger partial charge in [-0.2, -0.15) is 0 Å². The molecule has 0 spiro atoms. The predicted octanol–water partition coefficient (Wildman–Crippen LogP) is 3.92. The van der Waals surface area contributed by atoms with Crippen molar-refractivity contribution in [3.63, 3.8) is 0 Å². The number of carbonyl (C=O) groups excluding carboxylic acids is 1. The zero-order chi connectivity index (χ0) is 21.7. The van der Waals surface area contributed by atoms with E-state index in [9.17, 15) is 14.9 Å². The molecule has 160 valence electrons. The van der Waals surface area contributed by atoms with E-state index in [1.54, 1.807) is 26.4 Å². The maximum Gasteiger partial charge on any atom is 0.269 e. The number of ether oxygens (including phenoxy) is 3. The first kappa shape index (κ1) is 21.4. The molecular weight excluding hydrogens is 388 g/mol. The van der Waals surface area contributed by atoms with E-state index in [4.69, 9.17) is 14.2 Å². The molecule has 1 aliphatic rings. The van der Waals surface area contributed by atoms with Crippen molar-refractivity contribution in [2.45, 2.75) is 32.2 Å². The van der Waals surface area contributed by atoms with E-state index in [1.165, 1.54) is 12.1 Å². The van der Waals surface area contributed by atoms with E-state index in [1.807, 2.05) is 24.0 Å². The molecule has 0 N–H and O–H groups in total. The molecule has 0 bridgehead atoms. The minimum Gasteiger partial charge on any atom is -0.493 e. The summed E-state index contributed by atoms with van der Waals surface area (Å²) in [5.74, 6) is 1.84. The lowest BCUT2D eigenvalue weighted by Gasteiger charge is -2.37. The van der Waals surface area contributed by atoms with Gasteiger partial charge in [0.1, 0.15) is 12.4 Å². The fraction of sp³-hybridized carbons (Fsp3) is 0.409. The molecular formula is C22H26N2O6. The second kappa shape index (κ2) is 9.47. The summed E-state index contributed by atoms with van der Waals surface area (Å²) in [5.41, 5.74) is 2.05. The standard InChI is InChI=1S/C22H26N2O6/c1-4-5-22(25)23-11-10-15-12-20(28-2)21(29-3)13-18(15)19(23)14-30-17-8-6-16(7-9-17)24(26)27/h6-9,12-13,19H,4-5,10-11,14H2,1-3H3/t19-/m1/s1. The van der Waals surface area contributed by atoms with E-state index >= 15 is 0 Å². The summed E-state index contributed by atoms with van der Waals surface area (Å²) < 4.78 is 16.8. The van der Waals surface area contributed by atoms with Crippen molar-refractivity contribution in [2.24, 2.45) is 0 Å². The first-order valence-electron chi connectivity index (χ1n) is 9.90. The van der Waals surface area contributed by atoms with E-state index in [0.29, 0.717) is 30.2 Å². The number of non-ortho nitro benzene ring substituents is 1. The Kier molecular flexibility index (Phi) is 6.76. The minimum atomic E-state index is -0.452. The Labute approximate surface area is 175 Å².